The van der Waals surface area contributed by atoms with Gasteiger partial charge in [-0.3, -0.25) is 14.1 Å². The van der Waals surface area contributed by atoms with Crippen LogP contribution in [0, 0.1) is 0 Å². The fourth-order valence-corrected chi connectivity index (χ4v) is 5.26. The Morgan fingerprint density at radius 2 is 1.96 bits per heavy atom. The van der Waals surface area contributed by atoms with E-state index in [0.29, 0.717) is 23.9 Å². The first-order valence-electron chi connectivity index (χ1n) is 13.1. The highest BCUT2D eigenvalue weighted by molar-refractivity contribution is 7.80. The number of benzene rings is 1. The molecule has 0 spiro atoms. The van der Waals surface area contributed by atoms with Crippen molar-refractivity contribution in [1.29, 1.82) is 0 Å². The molecule has 2 amide bonds. The number of carboxylic acid groups (broad SMARTS) is 1. The smallest absolute Gasteiger partial charge is 0.418 e. The van der Waals surface area contributed by atoms with E-state index in [0.717, 1.165) is 22.5 Å². The average molecular weight is 668 g/mol. The first kappa shape index (κ1) is 33.3. The van der Waals surface area contributed by atoms with Crippen LogP contribution in [-0.4, -0.2) is 87.1 Å². The number of aryl methyl sites for hydroxylation is 1. The molecule has 1 aromatic carbocycles. The van der Waals surface area contributed by atoms with E-state index in [1.54, 1.807) is 24.3 Å². The number of nitrogens with one attached hydrogen (secondary N) is 1. The molecule has 1 fully saturated rings. The number of nitrogens with zero attached hydrogens (tertiary/aromatic N) is 5. The van der Waals surface area contributed by atoms with Gasteiger partial charge >= 0.3 is 16.4 Å². The predicted molar refractivity (Wildman–Crippen MR) is 157 cm³/mol. The van der Waals surface area contributed by atoms with Gasteiger partial charge in [-0.25, -0.2) is 9.78 Å². The normalized spacial score (nSPS) is 17.0. The lowest BCUT2D eigenvalue weighted by molar-refractivity contribution is -0.753. The van der Waals surface area contributed by atoms with Crippen molar-refractivity contribution in [1.82, 2.24) is 20.0 Å². The molecule has 1 saturated heterocycles. The van der Waals surface area contributed by atoms with Crippen LogP contribution in [0.1, 0.15) is 19.5 Å². The molecule has 18 nitrogen and oxygen atoms in total. The van der Waals surface area contributed by atoms with Crippen molar-refractivity contribution in [3.8, 4) is 16.9 Å². The van der Waals surface area contributed by atoms with Crippen molar-refractivity contribution >= 4 is 50.4 Å². The summed E-state index contributed by atoms with van der Waals surface area (Å²) < 4.78 is 44.8. The number of hydrogen-bond acceptors (Lipinski definition) is 13. The Morgan fingerprint density at radius 3 is 2.51 bits per heavy atom. The molecule has 20 heteroatoms. The van der Waals surface area contributed by atoms with E-state index < -0.39 is 58.2 Å². The molecule has 7 N–H and O–H groups in total. The van der Waals surface area contributed by atoms with E-state index in [9.17, 15) is 27.9 Å². The van der Waals surface area contributed by atoms with Gasteiger partial charge in [0.15, 0.2) is 17.9 Å². The largest absolute Gasteiger partial charge is 0.489 e. The minimum absolute atomic E-state index is 0.0598. The van der Waals surface area contributed by atoms with E-state index in [1.165, 1.54) is 19.2 Å². The molecule has 1 aliphatic heterocycles. The summed E-state index contributed by atoms with van der Waals surface area (Å²) >= 11 is 0.959. The first-order valence-corrected chi connectivity index (χ1v) is 15.3. The van der Waals surface area contributed by atoms with Crippen molar-refractivity contribution in [2.24, 2.45) is 17.9 Å². The monoisotopic (exact) mass is 667 g/mol. The SMILES string of the molecule is C[n+]1cc(-c2ccc(OC[C@H](O/N=C(\C(=O)NC3C(=O)N(OS(=O)(=O)O)C3(C)C)c3csc(N)n3)C(=O)O)cc2)cn1CCN. The van der Waals surface area contributed by atoms with Crippen LogP contribution < -0.4 is 26.2 Å². The lowest BCUT2D eigenvalue weighted by Gasteiger charge is -2.50. The zero-order valence-electron chi connectivity index (χ0n) is 24.2. The molecular formula is C25H31N8O10S2+. The summed E-state index contributed by atoms with van der Waals surface area (Å²) in [6.07, 6.45) is 2.21. The number of nitrogen functional groups attached to an aromatic ring is 1. The number of β-lactam (4-membered cyclic amide) rings is 1. The van der Waals surface area contributed by atoms with Gasteiger partial charge in [0.05, 0.1) is 23.8 Å². The van der Waals surface area contributed by atoms with E-state index in [-0.39, 0.29) is 10.8 Å². The number of hydrogen-bond donors (Lipinski definition) is 5. The van der Waals surface area contributed by atoms with Crippen molar-refractivity contribution in [2.75, 3.05) is 18.9 Å². The maximum Gasteiger partial charge on any atom is 0.418 e. The molecule has 0 bridgehead atoms. The van der Waals surface area contributed by atoms with Crippen molar-refractivity contribution in [3.05, 3.63) is 47.7 Å². The minimum atomic E-state index is -5.01. The number of carbonyl (C=O) groups excluding carboxylic acids is 2. The molecule has 242 valence electrons. The average Bonchev–Trinajstić information content (AvgIpc) is 3.56. The third kappa shape index (κ3) is 7.72. The Hall–Kier alpha value is -4.63. The van der Waals surface area contributed by atoms with Crippen LogP contribution in [0.2, 0.25) is 0 Å². The number of rotatable bonds is 14. The lowest BCUT2D eigenvalue weighted by atomic mass is 9.84. The Balaban J connectivity index is 1.45. The number of ether oxygens (including phenoxy) is 1. The number of carboxylic acids is 1. The predicted octanol–water partition coefficient (Wildman–Crippen LogP) is -0.930. The number of aliphatic carboxylic acids is 1. The highest BCUT2D eigenvalue weighted by Gasteiger charge is 2.58. The number of anilines is 1. The second kappa shape index (κ2) is 13.2. The molecule has 0 radical (unpaired) electrons. The highest BCUT2D eigenvalue weighted by Crippen LogP contribution is 2.33. The molecule has 2 atom stereocenters. The molecule has 1 aliphatic rings. The maximum atomic E-state index is 13.2. The van der Waals surface area contributed by atoms with Crippen LogP contribution in [-0.2, 0) is 47.5 Å². The molecule has 45 heavy (non-hydrogen) atoms. The van der Waals surface area contributed by atoms with Crippen LogP contribution >= 0.6 is 11.3 Å². The number of amides is 2. The number of hydroxylamine groups is 2. The quantitative estimate of drug-likeness (QED) is 0.0458. The summed E-state index contributed by atoms with van der Waals surface area (Å²) in [4.78, 5) is 46.7. The fraction of sp³-hybridized carbons (Fsp3) is 0.360. The Labute approximate surface area is 260 Å². The zero-order valence-corrected chi connectivity index (χ0v) is 25.8. The minimum Gasteiger partial charge on any atom is -0.489 e. The molecule has 4 rings (SSSR count). The number of carbonyl (C=O) groups is 3. The van der Waals surface area contributed by atoms with E-state index >= 15 is 0 Å². The summed E-state index contributed by atoms with van der Waals surface area (Å²) in [6, 6.07) is 5.58. The second-order valence-corrected chi connectivity index (χ2v) is 12.1. The molecule has 1 unspecified atom stereocenters. The van der Waals surface area contributed by atoms with E-state index in [4.69, 9.17) is 25.6 Å². The molecule has 2 aromatic heterocycles. The van der Waals surface area contributed by atoms with Crippen LogP contribution in [0.4, 0.5) is 5.13 Å². The third-order valence-corrected chi connectivity index (χ3v) is 7.63. The first-order chi connectivity index (χ1) is 21.1. The van der Waals surface area contributed by atoms with Crippen LogP contribution in [0.25, 0.3) is 11.1 Å². The molecular weight excluding hydrogens is 636 g/mol. The van der Waals surface area contributed by atoms with Crippen LogP contribution in [0.3, 0.4) is 0 Å². The lowest BCUT2D eigenvalue weighted by Crippen LogP contribution is -2.76. The summed E-state index contributed by atoms with van der Waals surface area (Å²) in [6.45, 7) is 3.37. The number of oxime groups is 1. The fourth-order valence-electron chi connectivity index (χ4n) is 4.26. The van der Waals surface area contributed by atoms with Gasteiger partial charge in [-0.2, -0.15) is 18.2 Å². The van der Waals surface area contributed by atoms with Crippen molar-refractivity contribution in [3.63, 3.8) is 0 Å². The third-order valence-electron chi connectivity index (χ3n) is 6.61. The molecule has 3 heterocycles. The van der Waals surface area contributed by atoms with Gasteiger partial charge in [0.25, 0.3) is 17.9 Å². The maximum absolute atomic E-state index is 13.2. The Morgan fingerprint density at radius 1 is 1.27 bits per heavy atom. The molecule has 3 aromatic rings. The summed E-state index contributed by atoms with van der Waals surface area (Å²) in [5.41, 5.74) is 11.1. The Bertz CT molecular complexity index is 1720. The van der Waals surface area contributed by atoms with E-state index in [2.05, 4.69) is 19.7 Å². The molecule has 0 aliphatic carbocycles. The van der Waals surface area contributed by atoms with Gasteiger partial charge in [0, 0.05) is 11.9 Å². The standard InChI is InChI=1S/C25H30N8O10S2/c1-25(2)20(22(35)33(25)43-45(38,39)40)29-21(34)19(17-13-44-24(27)28-17)30-42-18(23(36)37)12-41-16-6-4-14(5-7-16)15-10-31(3)32(11-15)9-8-26/h4-7,10-11,13,18,20H,8-9,12,26H2,1-3H3,(H4-,27,28,29,34,36,37,38,39,40)/p+1/b30-19-/t18-,20?/m0/s1. The number of nitrogens with two attached hydrogens (primary N) is 2. The van der Waals surface area contributed by atoms with Gasteiger partial charge in [-0.05, 0) is 31.5 Å². The zero-order chi connectivity index (χ0) is 33.1. The molecule has 0 saturated carbocycles. The van der Waals surface area contributed by atoms with Gasteiger partial charge in [0.1, 0.15) is 24.1 Å². The van der Waals surface area contributed by atoms with Gasteiger partial charge in [0.2, 0.25) is 6.20 Å². The van der Waals surface area contributed by atoms with Gasteiger partial charge in [-0.15, -0.1) is 20.3 Å². The van der Waals surface area contributed by atoms with Gasteiger partial charge < -0.3 is 31.5 Å². The van der Waals surface area contributed by atoms with Gasteiger partial charge in [-0.1, -0.05) is 17.3 Å². The summed E-state index contributed by atoms with van der Waals surface area (Å²) in [5.74, 6) is -3.12. The Kier molecular flexibility index (Phi) is 9.73. The van der Waals surface area contributed by atoms with Crippen molar-refractivity contribution < 1.29 is 51.0 Å². The second-order valence-electron chi connectivity index (χ2n) is 10.2. The van der Waals surface area contributed by atoms with E-state index in [1.807, 2.05) is 28.8 Å². The number of thiazole rings is 1. The van der Waals surface area contributed by atoms with Crippen molar-refractivity contribution in [2.45, 2.75) is 38.1 Å². The topological polar surface area (TPSA) is 255 Å². The number of aromatic nitrogens is 3. The summed E-state index contributed by atoms with van der Waals surface area (Å²) in [5, 5.41) is 17.6. The van der Waals surface area contributed by atoms with Crippen LogP contribution in [0.5, 0.6) is 5.75 Å². The van der Waals surface area contributed by atoms with Crippen LogP contribution in [0.15, 0.2) is 47.2 Å². The highest BCUT2D eigenvalue weighted by atomic mass is 32.3. The summed E-state index contributed by atoms with van der Waals surface area (Å²) in [7, 11) is -3.12.